The van der Waals surface area contributed by atoms with Gasteiger partial charge in [0.2, 0.25) is 5.89 Å². The smallest absolute Gasteiger partial charge is 0.253 e. The summed E-state index contributed by atoms with van der Waals surface area (Å²) < 4.78 is 17.7. The van der Waals surface area contributed by atoms with Gasteiger partial charge in [0.15, 0.2) is 5.82 Å². The fraction of sp³-hybridized carbons (Fsp3) is 0.308. The van der Waals surface area contributed by atoms with Gasteiger partial charge in [-0.2, -0.15) is 4.98 Å². The fourth-order valence-corrected chi connectivity index (χ4v) is 2.06. The molecule has 1 saturated heterocycles. The van der Waals surface area contributed by atoms with Crippen molar-refractivity contribution in [1.29, 1.82) is 0 Å². The van der Waals surface area contributed by atoms with Crippen LogP contribution in [0.5, 0.6) is 0 Å². The molecule has 0 unspecified atom stereocenters. The highest BCUT2D eigenvalue weighted by molar-refractivity contribution is 5.94. The van der Waals surface area contributed by atoms with Crippen molar-refractivity contribution in [3.8, 4) is 0 Å². The lowest BCUT2D eigenvalue weighted by molar-refractivity contribution is 0.0592. The summed E-state index contributed by atoms with van der Waals surface area (Å²) in [6.07, 6.45) is 0. The molecule has 1 aliphatic rings. The number of rotatable bonds is 2. The van der Waals surface area contributed by atoms with Crippen molar-refractivity contribution in [2.75, 3.05) is 13.1 Å². The molecule has 1 fully saturated rings. The highest BCUT2D eigenvalue weighted by atomic mass is 19.1. The van der Waals surface area contributed by atoms with E-state index in [-0.39, 0.29) is 17.6 Å². The third-order valence-electron chi connectivity index (χ3n) is 3.17. The Bertz CT molecular complexity index is 603. The van der Waals surface area contributed by atoms with E-state index >= 15 is 0 Å². The highest BCUT2D eigenvalue weighted by Crippen LogP contribution is 2.26. The number of halogens is 1. The highest BCUT2D eigenvalue weighted by Gasteiger charge is 2.35. The summed E-state index contributed by atoms with van der Waals surface area (Å²) in [5.74, 6) is 0.845. The summed E-state index contributed by atoms with van der Waals surface area (Å²) >= 11 is 0. The van der Waals surface area contributed by atoms with Gasteiger partial charge in [0.1, 0.15) is 5.82 Å². The van der Waals surface area contributed by atoms with Gasteiger partial charge < -0.3 is 9.42 Å². The zero-order valence-electron chi connectivity index (χ0n) is 10.3. The van der Waals surface area contributed by atoms with Crippen LogP contribution in [0.15, 0.2) is 28.8 Å². The van der Waals surface area contributed by atoms with Crippen molar-refractivity contribution in [3.63, 3.8) is 0 Å². The second kappa shape index (κ2) is 4.46. The molecule has 19 heavy (non-hydrogen) atoms. The first-order chi connectivity index (χ1) is 9.13. The standard InChI is InChI=1S/C13H12FN3O2/c1-8-15-12(16-19-8)10-6-17(7-10)13(18)9-2-4-11(14)5-3-9/h2-5,10H,6-7H2,1H3. The summed E-state index contributed by atoms with van der Waals surface area (Å²) in [4.78, 5) is 17.9. The van der Waals surface area contributed by atoms with E-state index in [9.17, 15) is 9.18 Å². The van der Waals surface area contributed by atoms with E-state index in [1.54, 1.807) is 11.8 Å². The zero-order chi connectivity index (χ0) is 13.4. The average molecular weight is 261 g/mol. The second-order valence-electron chi connectivity index (χ2n) is 4.59. The normalized spacial score (nSPS) is 15.4. The molecule has 1 aromatic heterocycles. The minimum atomic E-state index is -0.347. The third-order valence-corrected chi connectivity index (χ3v) is 3.17. The molecular weight excluding hydrogens is 249 g/mol. The largest absolute Gasteiger partial charge is 0.340 e. The molecule has 3 rings (SSSR count). The van der Waals surface area contributed by atoms with Gasteiger partial charge in [0.05, 0.1) is 5.92 Å². The lowest BCUT2D eigenvalue weighted by Crippen LogP contribution is -2.48. The topological polar surface area (TPSA) is 59.2 Å². The maximum Gasteiger partial charge on any atom is 0.253 e. The predicted molar refractivity (Wildman–Crippen MR) is 64.1 cm³/mol. The number of nitrogens with zero attached hydrogens (tertiary/aromatic N) is 3. The Morgan fingerprint density at radius 3 is 2.63 bits per heavy atom. The van der Waals surface area contributed by atoms with Gasteiger partial charge in [-0.3, -0.25) is 4.79 Å². The van der Waals surface area contributed by atoms with Crippen molar-refractivity contribution >= 4 is 5.91 Å². The molecule has 1 aliphatic heterocycles. The van der Waals surface area contributed by atoms with Crippen LogP contribution in [0.4, 0.5) is 4.39 Å². The van der Waals surface area contributed by atoms with Gasteiger partial charge in [-0.1, -0.05) is 5.16 Å². The average Bonchev–Trinajstić information content (AvgIpc) is 2.74. The summed E-state index contributed by atoms with van der Waals surface area (Å²) in [7, 11) is 0. The second-order valence-corrected chi connectivity index (χ2v) is 4.59. The van der Waals surface area contributed by atoms with Gasteiger partial charge in [-0.05, 0) is 24.3 Å². The minimum absolute atomic E-state index is 0.100. The summed E-state index contributed by atoms with van der Waals surface area (Å²) in [5, 5.41) is 3.84. The number of hydrogen-bond donors (Lipinski definition) is 0. The first-order valence-corrected chi connectivity index (χ1v) is 5.98. The van der Waals surface area contributed by atoms with Crippen molar-refractivity contribution in [2.24, 2.45) is 0 Å². The van der Waals surface area contributed by atoms with E-state index in [2.05, 4.69) is 10.1 Å². The molecule has 0 bridgehead atoms. The van der Waals surface area contributed by atoms with Crippen molar-refractivity contribution in [2.45, 2.75) is 12.8 Å². The number of carbonyl (C=O) groups is 1. The summed E-state index contributed by atoms with van der Waals surface area (Å²) in [5.41, 5.74) is 0.490. The Morgan fingerprint density at radius 1 is 1.37 bits per heavy atom. The Morgan fingerprint density at radius 2 is 2.05 bits per heavy atom. The molecular formula is C13H12FN3O2. The van der Waals surface area contributed by atoms with Crippen molar-refractivity contribution < 1.29 is 13.7 Å². The lowest BCUT2D eigenvalue weighted by atomic mass is 9.98. The van der Waals surface area contributed by atoms with Gasteiger partial charge in [0.25, 0.3) is 5.91 Å². The van der Waals surface area contributed by atoms with Crippen LogP contribution < -0.4 is 0 Å². The van der Waals surface area contributed by atoms with E-state index in [4.69, 9.17) is 4.52 Å². The molecule has 2 aromatic rings. The Balaban J connectivity index is 1.64. The Kier molecular flexibility index (Phi) is 2.77. The van der Waals surface area contributed by atoms with Crippen LogP contribution in [-0.4, -0.2) is 34.0 Å². The van der Waals surface area contributed by atoms with Crippen LogP contribution in [-0.2, 0) is 0 Å². The number of hydrogen-bond acceptors (Lipinski definition) is 4. The Hall–Kier alpha value is -2.24. The van der Waals surface area contributed by atoms with Gasteiger partial charge in [-0.15, -0.1) is 0 Å². The van der Waals surface area contributed by atoms with E-state index in [1.165, 1.54) is 24.3 Å². The zero-order valence-corrected chi connectivity index (χ0v) is 10.3. The van der Waals surface area contributed by atoms with Crippen LogP contribution >= 0.6 is 0 Å². The third kappa shape index (κ3) is 2.21. The van der Waals surface area contributed by atoms with Crippen molar-refractivity contribution in [1.82, 2.24) is 15.0 Å². The summed E-state index contributed by atoms with van der Waals surface area (Å²) in [6.45, 7) is 2.86. The number of benzene rings is 1. The van der Waals surface area contributed by atoms with Crippen LogP contribution in [0.3, 0.4) is 0 Å². The monoisotopic (exact) mass is 261 g/mol. The molecule has 6 heteroatoms. The van der Waals surface area contributed by atoms with Crippen molar-refractivity contribution in [3.05, 3.63) is 47.4 Å². The van der Waals surface area contributed by atoms with E-state index in [1.807, 2.05) is 0 Å². The number of aryl methyl sites for hydroxylation is 1. The fourth-order valence-electron chi connectivity index (χ4n) is 2.06. The molecule has 98 valence electrons. The van der Waals surface area contributed by atoms with E-state index in [0.717, 1.165) is 0 Å². The SMILES string of the molecule is Cc1nc(C2CN(C(=O)c3ccc(F)cc3)C2)no1. The molecule has 0 N–H and O–H groups in total. The molecule has 1 aromatic carbocycles. The van der Waals surface area contributed by atoms with E-state index < -0.39 is 0 Å². The minimum Gasteiger partial charge on any atom is -0.340 e. The lowest BCUT2D eigenvalue weighted by Gasteiger charge is -2.37. The molecule has 1 amide bonds. The maximum absolute atomic E-state index is 12.8. The molecule has 0 radical (unpaired) electrons. The van der Waals surface area contributed by atoms with Gasteiger partial charge in [0, 0.05) is 25.6 Å². The van der Waals surface area contributed by atoms with Crippen LogP contribution in [0, 0.1) is 12.7 Å². The predicted octanol–water partition coefficient (Wildman–Crippen LogP) is 1.76. The molecule has 0 saturated carbocycles. The number of carbonyl (C=O) groups excluding carboxylic acids is 1. The molecule has 5 nitrogen and oxygen atoms in total. The maximum atomic E-state index is 12.8. The molecule has 0 aliphatic carbocycles. The first kappa shape index (κ1) is 11.8. The quantitative estimate of drug-likeness (QED) is 0.826. The van der Waals surface area contributed by atoms with Crippen LogP contribution in [0.25, 0.3) is 0 Å². The van der Waals surface area contributed by atoms with Crippen LogP contribution in [0.1, 0.15) is 28.0 Å². The van der Waals surface area contributed by atoms with Gasteiger partial charge in [-0.25, -0.2) is 4.39 Å². The van der Waals surface area contributed by atoms with Crippen LogP contribution in [0.2, 0.25) is 0 Å². The molecule has 0 spiro atoms. The summed E-state index contributed by atoms with van der Waals surface area (Å²) in [6, 6.07) is 5.55. The Labute approximate surface area is 109 Å². The molecule has 0 atom stereocenters. The first-order valence-electron chi connectivity index (χ1n) is 5.98. The number of aromatic nitrogens is 2. The number of amides is 1. The van der Waals surface area contributed by atoms with E-state index in [0.29, 0.717) is 30.4 Å². The molecule has 2 heterocycles. The number of likely N-dealkylation sites (tertiary alicyclic amines) is 1. The van der Waals surface area contributed by atoms with Gasteiger partial charge >= 0.3 is 0 Å².